The van der Waals surface area contributed by atoms with Crippen LogP contribution >= 0.6 is 0 Å². The number of nitrogens with zero attached hydrogens (tertiary/aromatic N) is 3. The van der Waals surface area contributed by atoms with Crippen LogP contribution in [0.1, 0.15) is 38.6 Å². The molecule has 4 aromatic rings. The molecule has 0 fully saturated rings. The molecule has 0 bridgehead atoms. The number of nitrogens with one attached hydrogen (secondary N) is 1. The van der Waals surface area contributed by atoms with Crippen LogP contribution < -0.4 is 5.43 Å². The topological polar surface area (TPSA) is 103 Å². The molecule has 4 rings (SSSR count). The lowest BCUT2D eigenvalue weighted by atomic mass is 10.1. The molecule has 0 saturated heterocycles. The Morgan fingerprint density at radius 3 is 2.56 bits per heavy atom. The first-order chi connectivity index (χ1) is 15.2. The van der Waals surface area contributed by atoms with Crippen LogP contribution in [0.2, 0.25) is 0 Å². The molecule has 1 amide bonds. The number of hydrogen-bond acceptors (Lipinski definition) is 5. The van der Waals surface area contributed by atoms with Crippen LogP contribution in [-0.4, -0.2) is 21.6 Å². The maximum atomic E-state index is 12.4. The average Bonchev–Trinajstić information content (AvgIpc) is 3.30. The molecular weight excluding hydrogens is 408 g/mol. The summed E-state index contributed by atoms with van der Waals surface area (Å²) in [6.07, 6.45) is 1.59. The largest absolute Gasteiger partial charge is 0.451 e. The highest BCUT2D eigenvalue weighted by Crippen LogP contribution is 2.24. The maximum Gasteiger partial charge on any atom is 0.307 e. The molecule has 0 saturated carbocycles. The highest BCUT2D eigenvalue weighted by Gasteiger charge is 2.15. The van der Waals surface area contributed by atoms with Crippen LogP contribution in [0.4, 0.5) is 5.69 Å². The number of hydrogen-bond donors (Lipinski definition) is 1. The number of rotatable bonds is 5. The van der Waals surface area contributed by atoms with E-state index in [0.29, 0.717) is 11.0 Å². The van der Waals surface area contributed by atoms with Gasteiger partial charge in [0.25, 0.3) is 5.69 Å². The lowest BCUT2D eigenvalue weighted by Crippen LogP contribution is -2.16. The number of nitro groups is 1. The lowest BCUT2D eigenvalue weighted by Gasteiger charge is -2.11. The van der Waals surface area contributed by atoms with Crippen LogP contribution in [0.5, 0.6) is 0 Å². The molecule has 32 heavy (non-hydrogen) atoms. The zero-order chi connectivity index (χ0) is 23.0. The molecule has 2 aromatic heterocycles. The molecule has 0 radical (unpaired) electrons. The van der Waals surface area contributed by atoms with Gasteiger partial charge in [0, 0.05) is 40.2 Å². The molecule has 0 aliphatic carbocycles. The highest BCUT2D eigenvalue weighted by molar-refractivity contribution is 5.97. The smallest absolute Gasteiger partial charge is 0.307 e. The van der Waals surface area contributed by atoms with Gasteiger partial charge in [-0.1, -0.05) is 6.07 Å². The molecule has 0 atom stereocenters. The number of nitro benzene ring substituents is 1. The van der Waals surface area contributed by atoms with Gasteiger partial charge in [-0.15, -0.1) is 0 Å². The van der Waals surface area contributed by atoms with E-state index in [4.69, 9.17) is 4.42 Å². The van der Waals surface area contributed by atoms with Gasteiger partial charge >= 0.3 is 5.91 Å². The Hall–Kier alpha value is -4.20. The fourth-order valence-electron chi connectivity index (χ4n) is 3.65. The Morgan fingerprint density at radius 2 is 1.84 bits per heavy atom. The van der Waals surface area contributed by atoms with E-state index in [0.717, 1.165) is 22.6 Å². The monoisotopic (exact) mass is 430 g/mol. The van der Waals surface area contributed by atoms with Crippen molar-refractivity contribution in [3.05, 3.63) is 92.5 Å². The summed E-state index contributed by atoms with van der Waals surface area (Å²) in [4.78, 5) is 22.8. The minimum atomic E-state index is -0.539. The van der Waals surface area contributed by atoms with Crippen LogP contribution in [0, 0.1) is 37.8 Å². The third-order valence-electron chi connectivity index (χ3n) is 5.52. The Kier molecular flexibility index (Phi) is 5.36. The first kappa shape index (κ1) is 21.0. The number of hydrazone groups is 1. The molecule has 2 aromatic carbocycles. The molecular formula is C24H22N4O4. The number of carbonyl (C=O) groups excluding carboxylic acids is 1. The van der Waals surface area contributed by atoms with Gasteiger partial charge in [-0.2, -0.15) is 5.10 Å². The van der Waals surface area contributed by atoms with Gasteiger partial charge < -0.3 is 8.98 Å². The SMILES string of the molecule is Cc1ccc(-n2c(C)cc(/C=N/NC(=O)c3cc4cc([N+](=O)[O-])ccc4o3)c2C)cc1C. The molecule has 0 unspecified atom stereocenters. The van der Waals surface area contributed by atoms with Crippen LogP contribution in [0.25, 0.3) is 16.7 Å². The van der Waals surface area contributed by atoms with Crippen molar-refractivity contribution in [3.63, 3.8) is 0 Å². The van der Waals surface area contributed by atoms with Crippen molar-refractivity contribution in [2.45, 2.75) is 27.7 Å². The van der Waals surface area contributed by atoms with Gasteiger partial charge in [0.1, 0.15) is 5.58 Å². The van der Waals surface area contributed by atoms with E-state index in [-0.39, 0.29) is 11.4 Å². The van der Waals surface area contributed by atoms with Crippen molar-refractivity contribution in [3.8, 4) is 5.69 Å². The standard InChI is InChI=1S/C24H22N4O4/c1-14-5-6-20(9-15(14)2)27-16(3)10-19(17(27)4)13-25-26-24(29)23-12-18-11-21(28(30)31)7-8-22(18)32-23/h5-13H,1-4H3,(H,26,29)/b25-13+. The Labute approximate surface area is 184 Å². The Morgan fingerprint density at radius 1 is 1.06 bits per heavy atom. The Balaban J connectivity index is 1.53. The zero-order valence-corrected chi connectivity index (χ0v) is 18.2. The van der Waals surface area contributed by atoms with Crippen LogP contribution in [-0.2, 0) is 0 Å². The van der Waals surface area contributed by atoms with Crippen LogP contribution in [0.15, 0.2) is 58.0 Å². The molecule has 8 nitrogen and oxygen atoms in total. The fourth-order valence-corrected chi connectivity index (χ4v) is 3.65. The van der Waals surface area contributed by atoms with E-state index in [1.165, 1.54) is 35.4 Å². The molecule has 2 heterocycles. The van der Waals surface area contributed by atoms with Gasteiger partial charge in [0.05, 0.1) is 11.1 Å². The minimum Gasteiger partial charge on any atom is -0.451 e. The predicted octanol–water partition coefficient (Wildman–Crippen LogP) is 5.13. The molecule has 0 spiro atoms. The molecule has 1 N–H and O–H groups in total. The third kappa shape index (κ3) is 3.90. The number of furan rings is 1. The molecule has 162 valence electrons. The van der Waals surface area contributed by atoms with Crippen molar-refractivity contribution in [1.82, 2.24) is 9.99 Å². The summed E-state index contributed by atoms with van der Waals surface area (Å²) in [5.74, 6) is -0.513. The first-order valence-electron chi connectivity index (χ1n) is 10.0. The summed E-state index contributed by atoms with van der Waals surface area (Å²) in [7, 11) is 0. The van der Waals surface area contributed by atoms with Gasteiger partial charge in [-0.25, -0.2) is 5.43 Å². The van der Waals surface area contributed by atoms with E-state index in [1.54, 1.807) is 6.21 Å². The second-order valence-electron chi connectivity index (χ2n) is 7.72. The summed E-state index contributed by atoms with van der Waals surface area (Å²) in [5.41, 5.74) is 9.23. The lowest BCUT2D eigenvalue weighted by molar-refractivity contribution is -0.384. The van der Waals surface area contributed by atoms with Crippen molar-refractivity contribution in [2.75, 3.05) is 0 Å². The van der Waals surface area contributed by atoms with Crippen molar-refractivity contribution >= 4 is 28.8 Å². The van der Waals surface area contributed by atoms with Crippen molar-refractivity contribution in [1.29, 1.82) is 0 Å². The normalized spacial score (nSPS) is 11.4. The van der Waals surface area contributed by atoms with Crippen LogP contribution in [0.3, 0.4) is 0 Å². The molecule has 0 aliphatic rings. The summed E-state index contributed by atoms with van der Waals surface area (Å²) in [6.45, 7) is 8.18. The summed E-state index contributed by atoms with van der Waals surface area (Å²) in [6, 6.07) is 13.9. The van der Waals surface area contributed by atoms with Gasteiger partial charge in [-0.3, -0.25) is 14.9 Å². The maximum absolute atomic E-state index is 12.4. The molecule has 0 aliphatic heterocycles. The van der Waals surface area contributed by atoms with Crippen molar-refractivity contribution < 1.29 is 14.1 Å². The average molecular weight is 430 g/mol. The summed E-state index contributed by atoms with van der Waals surface area (Å²) in [5, 5.41) is 15.5. The number of aromatic nitrogens is 1. The van der Waals surface area contributed by atoms with Gasteiger partial charge in [-0.05, 0) is 69.2 Å². The summed E-state index contributed by atoms with van der Waals surface area (Å²) >= 11 is 0. The minimum absolute atomic E-state index is 0.0262. The predicted molar refractivity (Wildman–Crippen MR) is 123 cm³/mol. The number of fused-ring (bicyclic) bond motifs is 1. The third-order valence-corrected chi connectivity index (χ3v) is 5.52. The number of carbonyl (C=O) groups is 1. The Bertz CT molecular complexity index is 1390. The van der Waals surface area contributed by atoms with E-state index in [2.05, 4.69) is 47.1 Å². The van der Waals surface area contributed by atoms with Gasteiger partial charge in [0.2, 0.25) is 0 Å². The first-order valence-corrected chi connectivity index (χ1v) is 10.0. The number of benzene rings is 2. The number of amides is 1. The highest BCUT2D eigenvalue weighted by atomic mass is 16.6. The van der Waals surface area contributed by atoms with Crippen molar-refractivity contribution in [2.24, 2.45) is 5.10 Å². The van der Waals surface area contributed by atoms with E-state index in [9.17, 15) is 14.9 Å². The fraction of sp³-hybridized carbons (Fsp3) is 0.167. The van der Waals surface area contributed by atoms with E-state index in [1.807, 2.05) is 19.9 Å². The number of non-ortho nitro benzene ring substituents is 1. The molecule has 8 heteroatoms. The number of aryl methyl sites for hydroxylation is 3. The zero-order valence-electron chi connectivity index (χ0n) is 18.2. The quantitative estimate of drug-likeness (QED) is 0.269. The second kappa shape index (κ2) is 8.14. The van der Waals surface area contributed by atoms with E-state index >= 15 is 0 Å². The summed E-state index contributed by atoms with van der Waals surface area (Å²) < 4.78 is 7.62. The van der Waals surface area contributed by atoms with E-state index < -0.39 is 10.8 Å². The second-order valence-corrected chi connectivity index (χ2v) is 7.72. The van der Waals surface area contributed by atoms with Gasteiger partial charge in [0.15, 0.2) is 5.76 Å².